The van der Waals surface area contributed by atoms with Crippen LogP contribution in [0.1, 0.15) is 0 Å². The number of rotatable bonds is 0. The van der Waals surface area contributed by atoms with Crippen LogP contribution in [-0.4, -0.2) is 28.6 Å². The Kier molecular flexibility index (Phi) is 3.47. The molecule has 0 bridgehead atoms. The van der Waals surface area contributed by atoms with Crippen molar-refractivity contribution < 1.29 is 57.6 Å². The van der Waals surface area contributed by atoms with Gasteiger partial charge < -0.3 is 0 Å². The second kappa shape index (κ2) is 3.56. The Labute approximate surface area is 89.4 Å². The Morgan fingerprint density at radius 3 is 0.556 bits per heavy atom. The van der Waals surface area contributed by atoms with Crippen LogP contribution in [0.4, 0.5) is 52.7 Å². The minimum atomic E-state index is -11.1. The molecule has 0 amide bonds. The van der Waals surface area contributed by atoms with Gasteiger partial charge >= 0.3 is 88.1 Å². The van der Waals surface area contributed by atoms with Crippen LogP contribution in [0.2, 0.25) is 0 Å². The van der Waals surface area contributed by atoms with Crippen LogP contribution in [0, 0.1) is 0 Å². The van der Waals surface area contributed by atoms with Crippen molar-refractivity contribution in [3.63, 3.8) is 0 Å². The van der Waals surface area contributed by atoms with Gasteiger partial charge in [0.2, 0.25) is 0 Å². The van der Waals surface area contributed by atoms with Crippen molar-refractivity contribution in [3.8, 4) is 0 Å². The zero-order valence-corrected chi connectivity index (χ0v) is 8.32. The van der Waals surface area contributed by atoms with Crippen LogP contribution in [0.25, 0.3) is 0 Å². The van der Waals surface area contributed by atoms with Gasteiger partial charge in [0.15, 0.2) is 0 Å². The Morgan fingerprint density at radius 1 is 0.444 bits per heavy atom. The van der Waals surface area contributed by atoms with Crippen molar-refractivity contribution in [2.75, 3.05) is 0 Å². The molecule has 112 valence electrons. The van der Waals surface area contributed by atoms with E-state index in [0.29, 0.717) is 0 Å². The van der Waals surface area contributed by atoms with Crippen molar-refractivity contribution in [1.82, 2.24) is 0 Å². The summed E-state index contributed by atoms with van der Waals surface area (Å²) in [4.78, 5) is 7.95. The topological polar surface area (TPSA) is 20.2 Å². The van der Waals surface area contributed by atoms with E-state index in [0.717, 1.165) is 0 Å². The van der Waals surface area contributed by atoms with Gasteiger partial charge in [-0.25, -0.2) is 0 Å². The van der Waals surface area contributed by atoms with Gasteiger partial charge in [-0.05, 0) is 0 Å². The number of alkyl halides is 12. The van der Waals surface area contributed by atoms with Gasteiger partial charge in [-0.1, -0.05) is 0 Å². The van der Waals surface area contributed by atoms with Crippen molar-refractivity contribution in [2.45, 2.75) is 23.7 Å². The SMILES string of the molecule is OP(C(F)(F)F)(C(F)(F)F)(C(F)(F)F)C(F)(F)F. The second-order valence-electron chi connectivity index (χ2n) is 2.94. The van der Waals surface area contributed by atoms with Gasteiger partial charge in [-0.15, -0.1) is 0 Å². The molecule has 14 heteroatoms. The first-order valence-corrected chi connectivity index (χ1v) is 5.55. The summed E-state index contributed by atoms with van der Waals surface area (Å²) in [7, 11) is 0. The molecule has 18 heavy (non-hydrogen) atoms. The van der Waals surface area contributed by atoms with E-state index in [1.807, 2.05) is 0 Å². The van der Waals surface area contributed by atoms with E-state index in [4.69, 9.17) is 4.89 Å². The normalized spacial score (nSPS) is 18.4. The molecule has 0 aromatic carbocycles. The van der Waals surface area contributed by atoms with Crippen LogP contribution in [-0.2, 0) is 0 Å². The first-order chi connectivity index (χ1) is 7.34. The van der Waals surface area contributed by atoms with Crippen molar-refractivity contribution in [2.24, 2.45) is 0 Å². The van der Waals surface area contributed by atoms with Crippen LogP contribution >= 0.6 is 6.83 Å². The third kappa shape index (κ3) is 1.46. The van der Waals surface area contributed by atoms with E-state index in [1.54, 1.807) is 0 Å². The van der Waals surface area contributed by atoms with E-state index in [9.17, 15) is 52.7 Å². The van der Waals surface area contributed by atoms with Crippen LogP contribution in [0.3, 0.4) is 0 Å². The van der Waals surface area contributed by atoms with Crippen molar-refractivity contribution in [1.29, 1.82) is 0 Å². The molecule has 0 atom stereocenters. The Hall–Kier alpha value is -0.450. The van der Waals surface area contributed by atoms with E-state index in [1.165, 1.54) is 0 Å². The van der Waals surface area contributed by atoms with Crippen molar-refractivity contribution in [3.05, 3.63) is 0 Å². The fraction of sp³-hybridized carbons (Fsp3) is 1.00. The van der Waals surface area contributed by atoms with Gasteiger partial charge in [0.1, 0.15) is 0 Å². The summed E-state index contributed by atoms with van der Waals surface area (Å²) in [5.41, 5.74) is 0. The summed E-state index contributed by atoms with van der Waals surface area (Å²) in [6, 6.07) is 0. The van der Waals surface area contributed by atoms with Gasteiger partial charge in [0.05, 0.1) is 0 Å². The molecule has 0 aliphatic rings. The molecular weight excluding hydrogens is 323 g/mol. The first-order valence-electron chi connectivity index (χ1n) is 3.36. The molecule has 0 saturated heterocycles. The average Bonchev–Trinajstić information content (AvgIpc) is 1.92. The number of hydrogen-bond acceptors (Lipinski definition) is 1. The van der Waals surface area contributed by atoms with E-state index < -0.39 is 30.5 Å². The quantitative estimate of drug-likeness (QED) is 0.513. The van der Waals surface area contributed by atoms with Crippen LogP contribution < -0.4 is 0 Å². The van der Waals surface area contributed by atoms with Gasteiger partial charge in [-0.3, -0.25) is 0 Å². The zero-order valence-electron chi connectivity index (χ0n) is 7.43. The third-order valence-electron chi connectivity index (χ3n) is 1.97. The molecule has 0 heterocycles. The Balaban J connectivity index is 6.90. The third-order valence-corrected chi connectivity index (χ3v) is 5.92. The number of halogens is 12. The zero-order chi connectivity index (χ0) is 15.4. The minimum absolute atomic E-state index is 7.95. The molecule has 0 aliphatic carbocycles. The molecule has 0 radical (unpaired) electrons. The van der Waals surface area contributed by atoms with Gasteiger partial charge in [-0.2, -0.15) is 0 Å². The molecule has 0 spiro atoms. The summed E-state index contributed by atoms with van der Waals surface area (Å²) >= 11 is 0. The molecule has 0 fully saturated rings. The molecule has 0 saturated carbocycles. The standard InChI is InChI=1S/C4HF12OP/c5-1(6,7)18(17,2(8,9)10,3(11,12)13)4(14,15)16/h17H. The Bertz CT molecular complexity index is 260. The van der Waals surface area contributed by atoms with Gasteiger partial charge in [0, 0.05) is 0 Å². The molecule has 1 N–H and O–H groups in total. The predicted molar refractivity (Wildman–Crippen MR) is 33.4 cm³/mol. The summed E-state index contributed by atoms with van der Waals surface area (Å²) in [5, 5.41) is 0. The average molecular weight is 324 g/mol. The summed E-state index contributed by atoms with van der Waals surface area (Å²) < 4.78 is 143. The number of hydrogen-bond donors (Lipinski definition) is 1. The molecule has 0 aromatic heterocycles. The molecule has 0 rings (SSSR count). The summed E-state index contributed by atoms with van der Waals surface area (Å²) in [6.07, 6.45) is 0. The molecule has 0 unspecified atom stereocenters. The van der Waals surface area contributed by atoms with E-state index in [-0.39, 0.29) is 0 Å². The van der Waals surface area contributed by atoms with Crippen molar-refractivity contribution >= 4 is 6.83 Å². The van der Waals surface area contributed by atoms with Crippen LogP contribution in [0.5, 0.6) is 0 Å². The summed E-state index contributed by atoms with van der Waals surface area (Å²) in [5.74, 6) is -31.9. The second-order valence-corrected chi connectivity index (χ2v) is 7.11. The summed E-state index contributed by atoms with van der Waals surface area (Å²) in [6.45, 7) is -11.1. The fourth-order valence-corrected chi connectivity index (χ4v) is 2.59. The molecule has 1 nitrogen and oxygen atoms in total. The molecular formula is C4HF12OP. The maximum atomic E-state index is 11.9. The molecule has 0 aliphatic heterocycles. The Morgan fingerprint density at radius 2 is 0.556 bits per heavy atom. The monoisotopic (exact) mass is 324 g/mol. The fourth-order valence-electron chi connectivity index (χ4n) is 0.862. The maximum absolute atomic E-state index is 11.9. The van der Waals surface area contributed by atoms with Crippen LogP contribution in [0.15, 0.2) is 0 Å². The van der Waals surface area contributed by atoms with E-state index >= 15 is 0 Å². The first kappa shape index (κ1) is 17.6. The molecule has 0 aromatic rings. The predicted octanol–water partition coefficient (Wildman–Crippen LogP) is 4.53. The van der Waals surface area contributed by atoms with E-state index in [2.05, 4.69) is 0 Å². The van der Waals surface area contributed by atoms with Gasteiger partial charge in [0.25, 0.3) is 0 Å².